The Labute approximate surface area is 107 Å². The van der Waals surface area contributed by atoms with E-state index in [4.69, 9.17) is 8.85 Å². The molecule has 2 rings (SSSR count). The van der Waals surface area contributed by atoms with Crippen molar-refractivity contribution >= 4 is 8.56 Å². The van der Waals surface area contributed by atoms with Gasteiger partial charge in [0.15, 0.2) is 0 Å². The Morgan fingerprint density at radius 1 is 0.824 bits per heavy atom. The van der Waals surface area contributed by atoms with E-state index in [1.165, 1.54) is 51.4 Å². The van der Waals surface area contributed by atoms with E-state index in [1.54, 1.807) is 0 Å². The monoisotopic (exact) mass is 256 g/mol. The zero-order valence-electron chi connectivity index (χ0n) is 11.5. The summed E-state index contributed by atoms with van der Waals surface area (Å²) in [5.41, 5.74) is 1.67. The largest absolute Gasteiger partial charge is 0.394 e. The van der Waals surface area contributed by atoms with Gasteiger partial charge in [0.05, 0.1) is 0 Å². The fraction of sp³-hybridized carbons (Fsp3) is 1.00. The molecule has 2 fully saturated rings. The molecule has 0 spiro atoms. The number of unbranched alkanes of at least 4 members (excludes halogenated alkanes) is 2. The highest BCUT2D eigenvalue weighted by Gasteiger charge is 2.60. The molecule has 0 amide bonds. The highest BCUT2D eigenvalue weighted by molar-refractivity contribution is 6.72. The lowest BCUT2D eigenvalue weighted by Gasteiger charge is -2.31. The topological polar surface area (TPSA) is 18.5 Å². The van der Waals surface area contributed by atoms with Gasteiger partial charge in [0.1, 0.15) is 0 Å². The predicted molar refractivity (Wildman–Crippen MR) is 73.4 cm³/mol. The standard InChI is InChI=1S/C14H28O2Si/c1-3-5-11-15-17(13-7-8-13,14-9-10-14)16-12-6-4-2/h13-14H,3-12H2,1-2H3. The number of rotatable bonds is 10. The molecule has 0 atom stereocenters. The lowest BCUT2D eigenvalue weighted by molar-refractivity contribution is 0.159. The molecule has 0 N–H and O–H groups in total. The normalized spacial score (nSPS) is 20.8. The second-order valence-corrected chi connectivity index (χ2v) is 9.33. The summed E-state index contributed by atoms with van der Waals surface area (Å²) in [7, 11) is -1.80. The van der Waals surface area contributed by atoms with Crippen LogP contribution < -0.4 is 0 Å². The summed E-state index contributed by atoms with van der Waals surface area (Å²) in [6.45, 7) is 6.36. The molecule has 100 valence electrons. The molecule has 0 bridgehead atoms. The fourth-order valence-electron chi connectivity index (χ4n) is 2.57. The van der Waals surface area contributed by atoms with Crippen molar-refractivity contribution in [1.29, 1.82) is 0 Å². The molecule has 0 aromatic rings. The summed E-state index contributed by atoms with van der Waals surface area (Å²) in [4.78, 5) is 0. The molecule has 0 saturated heterocycles. The van der Waals surface area contributed by atoms with Gasteiger partial charge in [0, 0.05) is 24.3 Å². The van der Waals surface area contributed by atoms with E-state index in [0.29, 0.717) is 0 Å². The van der Waals surface area contributed by atoms with Crippen LogP contribution in [0.5, 0.6) is 0 Å². The Bertz CT molecular complexity index is 200. The average Bonchev–Trinajstić information content (AvgIpc) is 3.20. The molecule has 2 nitrogen and oxygen atoms in total. The van der Waals surface area contributed by atoms with Gasteiger partial charge in [0.25, 0.3) is 0 Å². The van der Waals surface area contributed by atoms with Gasteiger partial charge in [-0.2, -0.15) is 0 Å². The predicted octanol–water partition coefficient (Wildman–Crippen LogP) is 4.39. The maximum Gasteiger partial charge on any atom is 0.344 e. The van der Waals surface area contributed by atoms with Crippen LogP contribution in [-0.4, -0.2) is 21.8 Å². The van der Waals surface area contributed by atoms with Gasteiger partial charge < -0.3 is 8.85 Å². The molecule has 0 radical (unpaired) electrons. The van der Waals surface area contributed by atoms with E-state index >= 15 is 0 Å². The Balaban J connectivity index is 1.88. The van der Waals surface area contributed by atoms with E-state index < -0.39 is 8.56 Å². The summed E-state index contributed by atoms with van der Waals surface area (Å²) in [6, 6.07) is 0. The minimum atomic E-state index is -1.80. The van der Waals surface area contributed by atoms with Gasteiger partial charge in [-0.05, 0) is 38.5 Å². The van der Waals surface area contributed by atoms with Crippen LogP contribution in [-0.2, 0) is 8.85 Å². The molecular formula is C14H28O2Si. The van der Waals surface area contributed by atoms with Gasteiger partial charge in [-0.1, -0.05) is 26.7 Å². The lowest BCUT2D eigenvalue weighted by Crippen LogP contribution is -2.44. The van der Waals surface area contributed by atoms with E-state index in [-0.39, 0.29) is 0 Å². The summed E-state index contributed by atoms with van der Waals surface area (Å²) in [5.74, 6) is 0. The molecule has 3 heteroatoms. The van der Waals surface area contributed by atoms with Crippen LogP contribution in [0, 0.1) is 0 Å². The molecule has 2 aliphatic rings. The first-order valence-corrected chi connectivity index (χ1v) is 9.58. The van der Waals surface area contributed by atoms with Crippen LogP contribution in [0.4, 0.5) is 0 Å². The zero-order valence-corrected chi connectivity index (χ0v) is 12.5. The molecule has 0 aromatic heterocycles. The van der Waals surface area contributed by atoms with Crippen molar-refractivity contribution in [3.63, 3.8) is 0 Å². The second-order valence-electron chi connectivity index (χ2n) is 5.67. The van der Waals surface area contributed by atoms with Crippen LogP contribution in [0.3, 0.4) is 0 Å². The molecular weight excluding hydrogens is 228 g/mol. The molecule has 17 heavy (non-hydrogen) atoms. The second kappa shape index (κ2) is 6.35. The third kappa shape index (κ3) is 3.55. The van der Waals surface area contributed by atoms with Crippen molar-refractivity contribution in [2.45, 2.75) is 76.3 Å². The van der Waals surface area contributed by atoms with E-state index in [1.807, 2.05) is 0 Å². The Hall–Kier alpha value is 0.137. The minimum absolute atomic E-state index is 0.837. The summed E-state index contributed by atoms with van der Waals surface area (Å²) in [6.07, 6.45) is 10.4. The SMILES string of the molecule is CCCCO[Si](OCCCC)(C1CC1)C1CC1. The Kier molecular flexibility index (Phi) is 5.06. The zero-order chi connectivity index (χ0) is 12.1. The number of hydrogen-bond acceptors (Lipinski definition) is 2. The third-order valence-electron chi connectivity index (χ3n) is 3.94. The first kappa shape index (κ1) is 13.6. The molecule has 2 aliphatic carbocycles. The maximum absolute atomic E-state index is 6.38. The Morgan fingerprint density at radius 2 is 1.24 bits per heavy atom. The molecule has 0 aliphatic heterocycles. The quantitative estimate of drug-likeness (QED) is 0.426. The first-order chi connectivity index (χ1) is 8.33. The third-order valence-corrected chi connectivity index (χ3v) is 8.69. The summed E-state index contributed by atoms with van der Waals surface area (Å²) < 4.78 is 12.8. The van der Waals surface area contributed by atoms with E-state index in [2.05, 4.69) is 13.8 Å². The van der Waals surface area contributed by atoms with Gasteiger partial charge in [0.2, 0.25) is 0 Å². The van der Waals surface area contributed by atoms with Crippen molar-refractivity contribution in [2.75, 3.05) is 13.2 Å². The summed E-state index contributed by atoms with van der Waals surface area (Å²) >= 11 is 0. The van der Waals surface area contributed by atoms with Gasteiger partial charge >= 0.3 is 8.56 Å². The van der Waals surface area contributed by atoms with E-state index in [0.717, 1.165) is 24.3 Å². The fourth-order valence-corrected chi connectivity index (χ4v) is 7.13. The van der Waals surface area contributed by atoms with Crippen molar-refractivity contribution in [2.24, 2.45) is 0 Å². The summed E-state index contributed by atoms with van der Waals surface area (Å²) in [5, 5.41) is 0. The van der Waals surface area contributed by atoms with Crippen molar-refractivity contribution < 1.29 is 8.85 Å². The van der Waals surface area contributed by atoms with Crippen molar-refractivity contribution in [1.82, 2.24) is 0 Å². The minimum Gasteiger partial charge on any atom is -0.394 e. The first-order valence-electron chi connectivity index (χ1n) is 7.61. The smallest absolute Gasteiger partial charge is 0.344 e. The van der Waals surface area contributed by atoms with Crippen LogP contribution in [0.1, 0.15) is 65.2 Å². The average molecular weight is 256 g/mol. The molecule has 0 unspecified atom stereocenters. The molecule has 0 aromatic carbocycles. The van der Waals surface area contributed by atoms with E-state index in [9.17, 15) is 0 Å². The highest BCUT2D eigenvalue weighted by atomic mass is 28.4. The van der Waals surface area contributed by atoms with Crippen LogP contribution in [0.25, 0.3) is 0 Å². The van der Waals surface area contributed by atoms with Crippen molar-refractivity contribution in [3.05, 3.63) is 0 Å². The lowest BCUT2D eigenvalue weighted by atomic mass is 10.4. The molecule has 0 heterocycles. The van der Waals surface area contributed by atoms with Crippen LogP contribution in [0.2, 0.25) is 11.1 Å². The highest BCUT2D eigenvalue weighted by Crippen LogP contribution is 2.59. The Morgan fingerprint density at radius 3 is 1.53 bits per heavy atom. The number of hydrogen-bond donors (Lipinski definition) is 0. The van der Waals surface area contributed by atoms with Crippen LogP contribution >= 0.6 is 0 Å². The van der Waals surface area contributed by atoms with Crippen molar-refractivity contribution in [3.8, 4) is 0 Å². The van der Waals surface area contributed by atoms with Gasteiger partial charge in [-0.15, -0.1) is 0 Å². The molecule has 2 saturated carbocycles. The maximum atomic E-state index is 6.38. The van der Waals surface area contributed by atoms with Gasteiger partial charge in [-0.25, -0.2) is 0 Å². The van der Waals surface area contributed by atoms with Crippen LogP contribution in [0.15, 0.2) is 0 Å². The van der Waals surface area contributed by atoms with Gasteiger partial charge in [-0.3, -0.25) is 0 Å².